The first-order valence-corrected chi connectivity index (χ1v) is 16.3. The normalized spacial score (nSPS) is 13.6. The molecule has 0 radical (unpaired) electrons. The van der Waals surface area contributed by atoms with Crippen molar-refractivity contribution >= 4 is 76.9 Å². The fourth-order valence-electron chi connectivity index (χ4n) is 4.66. The van der Waals surface area contributed by atoms with Crippen molar-refractivity contribution in [1.29, 1.82) is 5.26 Å². The molecule has 0 atom stereocenters. The van der Waals surface area contributed by atoms with E-state index in [1.165, 1.54) is 6.07 Å². The lowest BCUT2D eigenvalue weighted by Crippen LogP contribution is -2.28. The van der Waals surface area contributed by atoms with E-state index in [1.54, 1.807) is 27.0 Å². The topological polar surface area (TPSA) is 128 Å². The molecule has 0 bridgehead atoms. The van der Waals surface area contributed by atoms with Gasteiger partial charge >= 0.3 is 21.7 Å². The van der Waals surface area contributed by atoms with Gasteiger partial charge in [0.05, 0.1) is 39.4 Å². The number of aromatic nitrogens is 1. The van der Waals surface area contributed by atoms with Crippen molar-refractivity contribution in [1.82, 2.24) is 4.98 Å². The lowest BCUT2D eigenvalue weighted by molar-refractivity contribution is -0.0499. The predicted octanol–water partition coefficient (Wildman–Crippen LogP) is 8.11. The van der Waals surface area contributed by atoms with Gasteiger partial charge in [-0.25, -0.2) is 14.2 Å². The Bertz CT molecular complexity index is 2020. The summed E-state index contributed by atoms with van der Waals surface area (Å²) < 4.78 is 94.5. The lowest BCUT2D eigenvalue weighted by Gasteiger charge is -2.19. The largest absolute Gasteiger partial charge is 0.534 e. The van der Waals surface area contributed by atoms with Gasteiger partial charge in [-0.3, -0.25) is 5.32 Å². The van der Waals surface area contributed by atoms with Crippen LogP contribution in [0.2, 0.25) is 5.02 Å². The minimum absolute atomic E-state index is 0.0139. The van der Waals surface area contributed by atoms with Gasteiger partial charge in [-0.15, -0.1) is 23.1 Å². The molecule has 5 rings (SSSR count). The van der Waals surface area contributed by atoms with Crippen LogP contribution < -0.4 is 9.50 Å². The number of thioether (sulfide) groups is 1. The average Bonchev–Trinajstić information content (AvgIpc) is 3.53. The molecule has 9 nitrogen and oxygen atoms in total. The molecule has 232 valence electrons. The Balaban J connectivity index is 1.81. The Morgan fingerprint density at radius 1 is 1.20 bits per heavy atom. The second-order valence-corrected chi connectivity index (χ2v) is 14.1. The zero-order valence-corrected chi connectivity index (χ0v) is 26.3. The highest BCUT2D eigenvalue weighted by Crippen LogP contribution is 2.50. The van der Waals surface area contributed by atoms with Gasteiger partial charge in [-0.05, 0) is 49.8 Å². The van der Waals surface area contributed by atoms with Crippen molar-refractivity contribution in [2.45, 2.75) is 50.1 Å². The molecule has 1 aliphatic heterocycles. The van der Waals surface area contributed by atoms with E-state index in [0.29, 0.717) is 5.56 Å². The number of hydrogen-bond donors (Lipinski definition) is 1. The number of nitrogens with one attached hydrogen (secondary N) is 1. The highest BCUT2D eigenvalue weighted by atomic mass is 35.5. The molecule has 1 N–H and O–H groups in total. The molecule has 0 unspecified atom stereocenters. The second kappa shape index (κ2) is 11.2. The van der Waals surface area contributed by atoms with Crippen LogP contribution in [-0.4, -0.2) is 36.9 Å². The molecule has 0 fully saturated rings. The molecule has 4 aromatic rings. The molecule has 0 spiro atoms. The minimum atomic E-state index is -6.06. The number of ether oxygens (including phenoxy) is 2. The van der Waals surface area contributed by atoms with E-state index < -0.39 is 38.9 Å². The van der Waals surface area contributed by atoms with Crippen LogP contribution in [0.15, 0.2) is 23.2 Å². The summed E-state index contributed by atoms with van der Waals surface area (Å²) in [4.78, 5) is 17.0. The molecule has 1 amide bonds. The van der Waals surface area contributed by atoms with E-state index in [-0.39, 0.29) is 71.5 Å². The van der Waals surface area contributed by atoms with E-state index in [9.17, 15) is 31.6 Å². The number of halogens is 5. The standard InChI is InChI=1S/C27H20ClF4N3O6S3/c1-26(2,3)40-25(36)35-24-12(8-33)19-11(5-6-15(29)23(19)43-24)18-13-9-39-10-14(13)20-16(41-44(37,38)27(30,31)32)7-17(42-4)34-22(20)21(18)28/h5-7H,9-10H2,1-4H3,(H,35,36). The van der Waals surface area contributed by atoms with E-state index in [2.05, 4.69) is 14.5 Å². The summed E-state index contributed by atoms with van der Waals surface area (Å²) in [6, 6.07) is 5.58. The van der Waals surface area contributed by atoms with Crippen molar-refractivity contribution < 1.29 is 44.4 Å². The first-order valence-electron chi connectivity index (χ1n) is 12.4. The summed E-state index contributed by atoms with van der Waals surface area (Å²) >= 11 is 8.70. The van der Waals surface area contributed by atoms with Crippen LogP contribution in [-0.2, 0) is 32.8 Å². The summed E-state index contributed by atoms with van der Waals surface area (Å²) in [6.07, 6.45) is 0.699. The number of benzene rings is 2. The monoisotopic (exact) mass is 689 g/mol. The third-order valence-corrected chi connectivity index (χ3v) is 9.40. The number of hydrogen-bond acceptors (Lipinski definition) is 10. The Morgan fingerprint density at radius 2 is 1.89 bits per heavy atom. The van der Waals surface area contributed by atoms with Gasteiger partial charge in [-0.2, -0.15) is 26.9 Å². The maximum absolute atomic E-state index is 15.2. The van der Waals surface area contributed by atoms with Crippen molar-refractivity contribution in [3.63, 3.8) is 0 Å². The summed E-state index contributed by atoms with van der Waals surface area (Å²) in [6.45, 7) is 4.68. The molecule has 0 saturated carbocycles. The van der Waals surface area contributed by atoms with Gasteiger partial charge in [0.1, 0.15) is 27.5 Å². The van der Waals surface area contributed by atoms with Gasteiger partial charge in [0, 0.05) is 17.0 Å². The number of amides is 1. The molecule has 17 heteroatoms. The number of rotatable bonds is 5. The highest BCUT2D eigenvalue weighted by molar-refractivity contribution is 7.98. The van der Waals surface area contributed by atoms with Gasteiger partial charge in [-0.1, -0.05) is 17.7 Å². The summed E-state index contributed by atoms with van der Waals surface area (Å²) in [5.74, 6) is -1.34. The minimum Gasteiger partial charge on any atom is -0.444 e. The van der Waals surface area contributed by atoms with Crippen molar-refractivity contribution in [2.24, 2.45) is 0 Å². The van der Waals surface area contributed by atoms with Crippen molar-refractivity contribution in [2.75, 3.05) is 11.6 Å². The smallest absolute Gasteiger partial charge is 0.444 e. The van der Waals surface area contributed by atoms with E-state index >= 15 is 4.39 Å². The summed E-state index contributed by atoms with van der Waals surface area (Å²) in [5.41, 5.74) is -5.64. The van der Waals surface area contributed by atoms with Crippen LogP contribution >= 0.6 is 34.7 Å². The first kappa shape index (κ1) is 32.0. The number of carbonyl (C=O) groups excluding carboxylic acids is 1. The number of anilines is 1. The number of carbonyl (C=O) groups is 1. The van der Waals surface area contributed by atoms with Crippen LogP contribution in [0.5, 0.6) is 5.75 Å². The zero-order valence-electron chi connectivity index (χ0n) is 23.1. The lowest BCUT2D eigenvalue weighted by atomic mass is 9.90. The van der Waals surface area contributed by atoms with Gasteiger partial charge < -0.3 is 13.7 Å². The molecular weight excluding hydrogens is 670 g/mol. The Hall–Kier alpha value is -3.36. The van der Waals surface area contributed by atoms with Crippen LogP contribution in [0.1, 0.15) is 37.5 Å². The van der Waals surface area contributed by atoms with E-state index in [0.717, 1.165) is 35.2 Å². The van der Waals surface area contributed by atoms with Gasteiger partial charge in [0.25, 0.3) is 0 Å². The molecule has 44 heavy (non-hydrogen) atoms. The van der Waals surface area contributed by atoms with Crippen LogP contribution in [0.3, 0.4) is 0 Å². The number of alkyl halides is 3. The Labute approximate surface area is 261 Å². The maximum atomic E-state index is 15.2. The van der Waals surface area contributed by atoms with Crippen LogP contribution in [0.25, 0.3) is 32.1 Å². The molecule has 2 aromatic carbocycles. The third-order valence-electron chi connectivity index (χ3n) is 6.33. The molecule has 0 aliphatic carbocycles. The quantitative estimate of drug-likeness (QED) is 0.0957. The number of pyridine rings is 1. The molecular formula is C27H20ClF4N3O6S3. The number of fused-ring (bicyclic) bond motifs is 4. The predicted molar refractivity (Wildman–Crippen MR) is 158 cm³/mol. The molecule has 0 saturated heterocycles. The van der Waals surface area contributed by atoms with Crippen LogP contribution in [0, 0.1) is 17.1 Å². The average molecular weight is 690 g/mol. The zero-order chi connectivity index (χ0) is 32.4. The van der Waals surface area contributed by atoms with E-state index in [4.69, 9.17) is 21.1 Å². The third kappa shape index (κ3) is 5.63. The second-order valence-electron chi connectivity index (χ2n) is 10.4. The summed E-state index contributed by atoms with van der Waals surface area (Å²) in [5, 5.41) is 12.6. The fraction of sp³-hybridized carbons (Fsp3) is 0.296. The maximum Gasteiger partial charge on any atom is 0.534 e. The molecule has 1 aliphatic rings. The Kier molecular flexibility index (Phi) is 8.17. The number of nitrogens with zero attached hydrogens (tertiary/aromatic N) is 2. The summed E-state index contributed by atoms with van der Waals surface area (Å²) in [7, 11) is -6.06. The molecule has 2 aromatic heterocycles. The van der Waals surface area contributed by atoms with E-state index in [1.807, 2.05) is 6.07 Å². The number of thiophene rings is 1. The van der Waals surface area contributed by atoms with Crippen molar-refractivity contribution in [3.8, 4) is 22.9 Å². The Morgan fingerprint density at radius 3 is 2.50 bits per heavy atom. The molecule has 3 heterocycles. The SMILES string of the molecule is CSc1cc(OS(=O)(=O)C(F)(F)F)c2c3c(c(-c4ccc(F)c5sc(NC(=O)OC(C)(C)C)c(C#N)c45)c(Cl)c2n1)COC3. The van der Waals surface area contributed by atoms with Crippen molar-refractivity contribution in [3.05, 3.63) is 45.7 Å². The highest BCUT2D eigenvalue weighted by Gasteiger charge is 2.49. The van der Waals surface area contributed by atoms with Crippen LogP contribution in [0.4, 0.5) is 27.4 Å². The first-order chi connectivity index (χ1) is 20.5. The van der Waals surface area contributed by atoms with Gasteiger partial charge in [0.15, 0.2) is 5.75 Å². The number of nitriles is 1. The van der Waals surface area contributed by atoms with Gasteiger partial charge in [0.2, 0.25) is 0 Å². The fourth-order valence-corrected chi connectivity index (χ4v) is 6.95.